The molecule has 0 saturated carbocycles. The van der Waals surface area contributed by atoms with Gasteiger partial charge in [0, 0.05) is 17.3 Å². The van der Waals surface area contributed by atoms with E-state index in [0.29, 0.717) is 22.1 Å². The van der Waals surface area contributed by atoms with E-state index >= 15 is 0 Å². The SMILES string of the molecule is O=S(=O)(Nc1nn(Cc2ccc(Cl)cc2)cc1Br)c1ccc(F)cc1F. The van der Waals surface area contributed by atoms with E-state index in [4.69, 9.17) is 11.6 Å². The molecular formula is C16H11BrClF2N3O2S. The first kappa shape index (κ1) is 18.8. The Bertz CT molecular complexity index is 1060. The highest BCUT2D eigenvalue weighted by Crippen LogP contribution is 2.25. The number of hydrogen-bond donors (Lipinski definition) is 1. The highest BCUT2D eigenvalue weighted by atomic mass is 79.9. The summed E-state index contributed by atoms with van der Waals surface area (Å²) in [4.78, 5) is -0.668. The first-order valence-electron chi connectivity index (χ1n) is 7.20. The molecule has 136 valence electrons. The molecule has 1 aromatic heterocycles. The van der Waals surface area contributed by atoms with Gasteiger partial charge in [0.2, 0.25) is 0 Å². The zero-order valence-corrected chi connectivity index (χ0v) is 16.1. The van der Waals surface area contributed by atoms with E-state index in [1.165, 1.54) is 4.68 Å². The Morgan fingerprint density at radius 3 is 2.50 bits per heavy atom. The van der Waals surface area contributed by atoms with Crippen LogP contribution in [0.2, 0.25) is 5.02 Å². The number of anilines is 1. The number of benzene rings is 2. The van der Waals surface area contributed by atoms with E-state index in [0.717, 1.165) is 17.7 Å². The number of halogens is 4. The summed E-state index contributed by atoms with van der Waals surface area (Å²) in [7, 11) is -4.26. The van der Waals surface area contributed by atoms with Crippen molar-refractivity contribution in [1.29, 1.82) is 0 Å². The summed E-state index contributed by atoms with van der Waals surface area (Å²) in [6, 6.07) is 9.32. The molecule has 5 nitrogen and oxygen atoms in total. The smallest absolute Gasteiger partial charge is 0.265 e. The average Bonchev–Trinajstić information content (AvgIpc) is 2.88. The molecule has 0 aliphatic heterocycles. The van der Waals surface area contributed by atoms with Crippen LogP contribution in [0.1, 0.15) is 5.56 Å². The highest BCUT2D eigenvalue weighted by molar-refractivity contribution is 9.10. The fraction of sp³-hybridized carbons (Fsp3) is 0.0625. The molecule has 0 amide bonds. The van der Waals surface area contributed by atoms with Crippen molar-refractivity contribution in [3.05, 3.63) is 75.4 Å². The lowest BCUT2D eigenvalue weighted by Crippen LogP contribution is -2.15. The molecule has 0 spiro atoms. The Morgan fingerprint density at radius 2 is 1.85 bits per heavy atom. The van der Waals surface area contributed by atoms with Gasteiger partial charge in [-0.15, -0.1) is 0 Å². The van der Waals surface area contributed by atoms with E-state index < -0.39 is 26.6 Å². The van der Waals surface area contributed by atoms with Gasteiger partial charge in [-0.2, -0.15) is 5.10 Å². The van der Waals surface area contributed by atoms with Gasteiger partial charge in [-0.05, 0) is 45.8 Å². The Morgan fingerprint density at radius 1 is 1.15 bits per heavy atom. The third kappa shape index (κ3) is 4.22. The zero-order valence-electron chi connectivity index (χ0n) is 13.0. The number of rotatable bonds is 5. The molecular weight excluding hydrogens is 452 g/mol. The van der Waals surface area contributed by atoms with E-state index in [2.05, 4.69) is 25.8 Å². The lowest BCUT2D eigenvalue weighted by atomic mass is 10.2. The molecule has 3 aromatic rings. The lowest BCUT2D eigenvalue weighted by Gasteiger charge is -2.07. The van der Waals surface area contributed by atoms with Gasteiger partial charge < -0.3 is 0 Å². The third-order valence-electron chi connectivity index (χ3n) is 3.39. The summed E-state index contributed by atoms with van der Waals surface area (Å²) in [5.74, 6) is -2.06. The quantitative estimate of drug-likeness (QED) is 0.610. The second kappa shape index (κ2) is 7.34. The lowest BCUT2D eigenvalue weighted by molar-refractivity contribution is 0.551. The average molecular weight is 463 g/mol. The Balaban J connectivity index is 1.83. The summed E-state index contributed by atoms with van der Waals surface area (Å²) in [6.45, 7) is 0.377. The van der Waals surface area contributed by atoms with Gasteiger partial charge in [0.15, 0.2) is 5.82 Å². The minimum Gasteiger partial charge on any atom is -0.265 e. The number of sulfonamides is 1. The van der Waals surface area contributed by atoms with Crippen molar-refractivity contribution in [3.63, 3.8) is 0 Å². The highest BCUT2D eigenvalue weighted by Gasteiger charge is 2.22. The molecule has 0 aliphatic carbocycles. The van der Waals surface area contributed by atoms with Gasteiger partial charge in [-0.3, -0.25) is 9.40 Å². The van der Waals surface area contributed by atoms with Crippen molar-refractivity contribution in [3.8, 4) is 0 Å². The van der Waals surface area contributed by atoms with Crippen molar-refractivity contribution >= 4 is 43.4 Å². The standard InChI is InChI=1S/C16H11BrClF2N3O2S/c17-13-9-23(8-10-1-3-11(18)4-2-10)21-16(13)22-26(24,25)15-6-5-12(19)7-14(15)20/h1-7,9H,8H2,(H,21,22). The second-order valence-electron chi connectivity index (χ2n) is 5.33. The van der Waals surface area contributed by atoms with E-state index in [9.17, 15) is 17.2 Å². The molecule has 0 aliphatic rings. The molecule has 1 heterocycles. The number of hydrogen-bond acceptors (Lipinski definition) is 3. The monoisotopic (exact) mass is 461 g/mol. The maximum absolute atomic E-state index is 13.8. The molecule has 0 bridgehead atoms. The van der Waals surface area contributed by atoms with Crippen molar-refractivity contribution in [2.45, 2.75) is 11.4 Å². The van der Waals surface area contributed by atoms with Crippen LogP contribution in [0, 0.1) is 11.6 Å². The molecule has 0 unspecified atom stereocenters. The van der Waals surface area contributed by atoms with E-state index in [-0.39, 0.29) is 5.82 Å². The molecule has 0 fully saturated rings. The van der Waals surface area contributed by atoms with Crippen molar-refractivity contribution < 1.29 is 17.2 Å². The van der Waals surface area contributed by atoms with Crippen LogP contribution in [0.25, 0.3) is 0 Å². The van der Waals surface area contributed by atoms with Crippen LogP contribution in [-0.4, -0.2) is 18.2 Å². The van der Waals surface area contributed by atoms with Crippen LogP contribution in [-0.2, 0) is 16.6 Å². The molecule has 10 heteroatoms. The summed E-state index contributed by atoms with van der Waals surface area (Å²) in [5, 5.41) is 4.74. The van der Waals surface area contributed by atoms with Crippen LogP contribution >= 0.6 is 27.5 Å². The number of aromatic nitrogens is 2. The fourth-order valence-electron chi connectivity index (χ4n) is 2.20. The first-order valence-corrected chi connectivity index (χ1v) is 9.85. The Hall–Kier alpha value is -1.97. The van der Waals surface area contributed by atoms with Crippen molar-refractivity contribution in [1.82, 2.24) is 9.78 Å². The van der Waals surface area contributed by atoms with Crippen molar-refractivity contribution in [2.75, 3.05) is 4.72 Å². The minimum atomic E-state index is -4.26. The maximum atomic E-state index is 13.8. The first-order chi connectivity index (χ1) is 12.2. The summed E-state index contributed by atoms with van der Waals surface area (Å²) in [5.41, 5.74) is 0.906. The third-order valence-corrected chi connectivity index (χ3v) is 5.59. The Labute approximate surface area is 161 Å². The number of nitrogens with zero attached hydrogens (tertiary/aromatic N) is 2. The largest absolute Gasteiger partial charge is 0.266 e. The molecule has 3 rings (SSSR count). The van der Waals surface area contributed by atoms with Crippen LogP contribution < -0.4 is 4.72 Å². The molecule has 1 N–H and O–H groups in total. The van der Waals surface area contributed by atoms with Gasteiger partial charge in [-0.25, -0.2) is 17.2 Å². The Kier molecular flexibility index (Phi) is 5.31. The molecule has 0 radical (unpaired) electrons. The topological polar surface area (TPSA) is 64.0 Å². The molecule has 0 atom stereocenters. The summed E-state index contributed by atoms with van der Waals surface area (Å²) < 4.78 is 55.5. The molecule has 2 aromatic carbocycles. The van der Waals surface area contributed by atoms with Gasteiger partial charge >= 0.3 is 0 Å². The summed E-state index contributed by atoms with van der Waals surface area (Å²) >= 11 is 9.05. The normalized spacial score (nSPS) is 11.5. The van der Waals surface area contributed by atoms with Crippen LogP contribution in [0.5, 0.6) is 0 Å². The number of nitrogens with one attached hydrogen (secondary N) is 1. The van der Waals surface area contributed by atoms with Gasteiger partial charge in [0.05, 0.1) is 11.0 Å². The minimum absolute atomic E-state index is 0.0114. The van der Waals surface area contributed by atoms with Gasteiger partial charge in [0.1, 0.15) is 16.5 Å². The van der Waals surface area contributed by atoms with Gasteiger partial charge in [0.25, 0.3) is 10.0 Å². The summed E-state index contributed by atoms with van der Waals surface area (Å²) in [6.07, 6.45) is 1.58. The van der Waals surface area contributed by atoms with Crippen molar-refractivity contribution in [2.24, 2.45) is 0 Å². The second-order valence-corrected chi connectivity index (χ2v) is 8.27. The fourth-order valence-corrected chi connectivity index (χ4v) is 3.95. The van der Waals surface area contributed by atoms with Gasteiger partial charge in [-0.1, -0.05) is 23.7 Å². The molecule has 0 saturated heterocycles. The van der Waals surface area contributed by atoms with E-state index in [1.807, 2.05) is 12.1 Å². The van der Waals surface area contributed by atoms with Crippen LogP contribution in [0.15, 0.2) is 58.0 Å². The maximum Gasteiger partial charge on any atom is 0.266 e. The van der Waals surface area contributed by atoms with E-state index in [1.54, 1.807) is 18.3 Å². The van der Waals surface area contributed by atoms with Crippen LogP contribution in [0.4, 0.5) is 14.6 Å². The molecule has 26 heavy (non-hydrogen) atoms. The zero-order chi connectivity index (χ0) is 18.9. The predicted molar refractivity (Wildman–Crippen MR) is 97.6 cm³/mol. The van der Waals surface area contributed by atoms with Crippen LogP contribution in [0.3, 0.4) is 0 Å². The predicted octanol–water partition coefficient (Wildman–Crippen LogP) is 4.43.